The van der Waals surface area contributed by atoms with Gasteiger partial charge in [-0.05, 0) is 48.9 Å². The van der Waals surface area contributed by atoms with Crippen LogP contribution in [0.1, 0.15) is 73.8 Å². The van der Waals surface area contributed by atoms with Gasteiger partial charge >= 0.3 is 0 Å². The number of nitrogens with zero attached hydrogens (tertiary/aromatic N) is 1. The number of aromatic nitrogens is 1. The van der Waals surface area contributed by atoms with Crippen LogP contribution >= 0.6 is 0 Å². The SMILES string of the molecule is CC[C@@H](C)NC(=O)[C@H](CC(C)C)NC(=O)[C@@H]1Cc2c([nH]c3ccccc23)[C@@H]2c3ccccc3C(=O)N21. The summed E-state index contributed by atoms with van der Waals surface area (Å²) in [5, 5.41) is 7.10. The van der Waals surface area contributed by atoms with Crippen molar-refractivity contribution in [1.29, 1.82) is 0 Å². The molecule has 3 aromatic rings. The Labute approximate surface area is 211 Å². The van der Waals surface area contributed by atoms with Gasteiger partial charge in [0.2, 0.25) is 11.8 Å². The fourth-order valence-electron chi connectivity index (χ4n) is 5.55. The lowest BCUT2D eigenvalue weighted by atomic mass is 9.89. The number of hydrogen-bond acceptors (Lipinski definition) is 3. The highest BCUT2D eigenvalue weighted by Gasteiger charge is 2.49. The first-order valence-electron chi connectivity index (χ1n) is 12.9. The Hall–Kier alpha value is -3.61. The Morgan fingerprint density at radius 2 is 1.78 bits per heavy atom. The van der Waals surface area contributed by atoms with Gasteiger partial charge in [-0.1, -0.05) is 57.2 Å². The minimum atomic E-state index is -0.715. The van der Waals surface area contributed by atoms with E-state index in [1.165, 1.54) is 0 Å². The third kappa shape index (κ3) is 4.06. The van der Waals surface area contributed by atoms with Crippen LogP contribution in [0.2, 0.25) is 0 Å². The van der Waals surface area contributed by atoms with Crippen LogP contribution in [0.3, 0.4) is 0 Å². The molecule has 0 aliphatic carbocycles. The largest absolute Gasteiger partial charge is 0.356 e. The quantitative estimate of drug-likeness (QED) is 0.470. The molecule has 7 nitrogen and oxygen atoms in total. The number of fused-ring (bicyclic) bond motifs is 7. The van der Waals surface area contributed by atoms with Crippen molar-refractivity contribution in [2.75, 3.05) is 0 Å². The fraction of sp³-hybridized carbons (Fsp3) is 0.414. The fourth-order valence-corrected chi connectivity index (χ4v) is 5.55. The van der Waals surface area contributed by atoms with E-state index in [2.05, 4.69) is 21.7 Å². The number of carbonyl (C=O) groups is 3. The second kappa shape index (κ2) is 9.45. The Morgan fingerprint density at radius 3 is 2.53 bits per heavy atom. The lowest BCUT2D eigenvalue weighted by Crippen LogP contribution is -2.57. The minimum Gasteiger partial charge on any atom is -0.356 e. The van der Waals surface area contributed by atoms with Gasteiger partial charge in [-0.2, -0.15) is 0 Å². The summed E-state index contributed by atoms with van der Waals surface area (Å²) in [6.45, 7) is 8.03. The van der Waals surface area contributed by atoms with E-state index < -0.39 is 12.1 Å². The van der Waals surface area contributed by atoms with Gasteiger partial charge in [-0.25, -0.2) is 0 Å². The number of rotatable bonds is 7. The lowest BCUT2D eigenvalue weighted by molar-refractivity contribution is -0.132. The summed E-state index contributed by atoms with van der Waals surface area (Å²) in [5.74, 6) is -0.399. The van der Waals surface area contributed by atoms with Crippen LogP contribution in [-0.4, -0.2) is 45.7 Å². The van der Waals surface area contributed by atoms with E-state index in [9.17, 15) is 14.4 Å². The Bertz CT molecular complexity index is 1330. The monoisotopic (exact) mass is 486 g/mol. The highest BCUT2D eigenvalue weighted by molar-refractivity contribution is 6.04. The number of hydrogen-bond donors (Lipinski definition) is 3. The molecule has 0 spiro atoms. The summed E-state index contributed by atoms with van der Waals surface area (Å²) in [6.07, 6.45) is 1.72. The van der Waals surface area contributed by atoms with Gasteiger partial charge in [0.1, 0.15) is 12.1 Å². The molecule has 0 bridgehead atoms. The third-order valence-corrected chi connectivity index (χ3v) is 7.50. The van der Waals surface area contributed by atoms with Crippen LogP contribution in [0, 0.1) is 5.92 Å². The van der Waals surface area contributed by atoms with Crippen molar-refractivity contribution in [3.63, 3.8) is 0 Å². The summed E-state index contributed by atoms with van der Waals surface area (Å²) in [6, 6.07) is 13.9. The Morgan fingerprint density at radius 1 is 1.06 bits per heavy atom. The molecule has 4 atom stereocenters. The van der Waals surface area contributed by atoms with E-state index in [1.54, 1.807) is 4.90 Å². The van der Waals surface area contributed by atoms with Crippen molar-refractivity contribution in [3.8, 4) is 0 Å². The zero-order chi connectivity index (χ0) is 25.6. The molecular formula is C29H34N4O3. The van der Waals surface area contributed by atoms with Gasteiger partial charge in [0, 0.05) is 34.6 Å². The van der Waals surface area contributed by atoms with Crippen LogP contribution in [0.25, 0.3) is 10.9 Å². The molecule has 0 saturated carbocycles. The number of benzene rings is 2. The van der Waals surface area contributed by atoms with E-state index in [0.717, 1.165) is 34.1 Å². The maximum Gasteiger partial charge on any atom is 0.255 e. The Kier molecular flexibility index (Phi) is 6.33. The van der Waals surface area contributed by atoms with Gasteiger partial charge in [0.05, 0.1) is 6.04 Å². The summed E-state index contributed by atoms with van der Waals surface area (Å²) < 4.78 is 0. The van der Waals surface area contributed by atoms with Crippen LogP contribution in [-0.2, 0) is 16.0 Å². The summed E-state index contributed by atoms with van der Waals surface area (Å²) in [4.78, 5) is 45.8. The van der Waals surface area contributed by atoms with Gasteiger partial charge in [-0.15, -0.1) is 0 Å². The molecule has 0 fully saturated rings. The molecule has 36 heavy (non-hydrogen) atoms. The number of para-hydroxylation sites is 1. The first-order valence-corrected chi connectivity index (χ1v) is 12.9. The first kappa shape index (κ1) is 24.1. The molecule has 2 aliphatic heterocycles. The molecule has 5 rings (SSSR count). The molecule has 7 heteroatoms. The molecule has 0 radical (unpaired) electrons. The average Bonchev–Trinajstić information content (AvgIpc) is 3.38. The van der Waals surface area contributed by atoms with Crippen molar-refractivity contribution in [1.82, 2.24) is 20.5 Å². The summed E-state index contributed by atoms with van der Waals surface area (Å²) >= 11 is 0. The van der Waals surface area contributed by atoms with Crippen molar-refractivity contribution in [3.05, 3.63) is 70.9 Å². The van der Waals surface area contributed by atoms with Gasteiger partial charge in [-0.3, -0.25) is 14.4 Å². The number of aromatic amines is 1. The first-order chi connectivity index (χ1) is 17.3. The molecule has 3 heterocycles. The highest BCUT2D eigenvalue weighted by Crippen LogP contribution is 2.46. The highest BCUT2D eigenvalue weighted by atomic mass is 16.2. The lowest BCUT2D eigenvalue weighted by Gasteiger charge is -2.38. The maximum atomic E-state index is 13.9. The Balaban J connectivity index is 1.53. The molecule has 188 valence electrons. The topological polar surface area (TPSA) is 94.3 Å². The van der Waals surface area contributed by atoms with Crippen molar-refractivity contribution in [2.45, 2.75) is 71.1 Å². The zero-order valence-electron chi connectivity index (χ0n) is 21.3. The standard InChI is InChI=1S/C29H34N4O3/c1-5-17(4)30-27(34)23(14-16(2)3)32-28(35)24-15-21-18-10-8-9-13-22(18)31-25(21)26-19-11-6-7-12-20(19)29(36)33(24)26/h6-13,16-17,23-24,26,31H,5,14-15H2,1-4H3,(H,30,34)(H,32,35)/t17-,23+,24+,26+/m1/s1. The molecule has 3 amide bonds. The number of carbonyl (C=O) groups excluding carboxylic acids is 3. The van der Waals surface area contributed by atoms with Gasteiger partial charge < -0.3 is 20.5 Å². The van der Waals surface area contributed by atoms with E-state index in [1.807, 2.05) is 70.2 Å². The van der Waals surface area contributed by atoms with Crippen molar-refractivity contribution in [2.24, 2.45) is 5.92 Å². The van der Waals surface area contributed by atoms with E-state index in [-0.39, 0.29) is 35.7 Å². The predicted molar refractivity (Wildman–Crippen MR) is 140 cm³/mol. The number of H-pyrrole nitrogens is 1. The summed E-state index contributed by atoms with van der Waals surface area (Å²) in [5.41, 5.74) is 4.54. The third-order valence-electron chi connectivity index (χ3n) is 7.50. The van der Waals surface area contributed by atoms with E-state index in [0.29, 0.717) is 18.4 Å². The molecule has 2 aromatic carbocycles. The average molecular weight is 487 g/mol. The second-order valence-corrected chi connectivity index (χ2v) is 10.5. The summed E-state index contributed by atoms with van der Waals surface area (Å²) in [7, 11) is 0. The van der Waals surface area contributed by atoms with Crippen LogP contribution in [0.4, 0.5) is 0 Å². The molecular weight excluding hydrogens is 452 g/mol. The zero-order valence-corrected chi connectivity index (χ0v) is 21.3. The number of nitrogens with one attached hydrogen (secondary N) is 3. The maximum absolute atomic E-state index is 13.9. The molecule has 2 aliphatic rings. The van der Waals surface area contributed by atoms with E-state index in [4.69, 9.17) is 0 Å². The second-order valence-electron chi connectivity index (χ2n) is 10.5. The molecule has 1 aromatic heterocycles. The van der Waals surface area contributed by atoms with Crippen molar-refractivity contribution >= 4 is 28.6 Å². The molecule has 0 saturated heterocycles. The normalized spacial score (nSPS) is 20.0. The minimum absolute atomic E-state index is 0.0200. The van der Waals surface area contributed by atoms with Crippen LogP contribution in [0.5, 0.6) is 0 Å². The van der Waals surface area contributed by atoms with Gasteiger partial charge in [0.25, 0.3) is 5.91 Å². The molecule has 3 N–H and O–H groups in total. The number of amides is 3. The van der Waals surface area contributed by atoms with Crippen LogP contribution in [0.15, 0.2) is 48.5 Å². The molecule has 0 unspecified atom stereocenters. The van der Waals surface area contributed by atoms with E-state index >= 15 is 0 Å². The van der Waals surface area contributed by atoms with Crippen LogP contribution < -0.4 is 10.6 Å². The van der Waals surface area contributed by atoms with Crippen molar-refractivity contribution < 1.29 is 14.4 Å². The smallest absolute Gasteiger partial charge is 0.255 e. The van der Waals surface area contributed by atoms with Gasteiger partial charge in [0.15, 0.2) is 0 Å². The predicted octanol–water partition coefficient (Wildman–Crippen LogP) is 4.08.